The highest BCUT2D eigenvalue weighted by atomic mass is 32.3. The second-order valence-electron chi connectivity index (χ2n) is 3.89. The van der Waals surface area contributed by atoms with E-state index in [1.165, 1.54) is 0 Å². The lowest BCUT2D eigenvalue weighted by Crippen LogP contribution is -2.32. The Bertz CT molecular complexity index is 427. The van der Waals surface area contributed by atoms with Crippen LogP contribution in [0.4, 0.5) is 25.8 Å². The minimum Gasteiger partial charge on any atom is -0.371 e. The van der Waals surface area contributed by atoms with Gasteiger partial charge in [0.25, 0.3) is 0 Å². The molecule has 2 unspecified atom stereocenters. The molecule has 2 atom stereocenters. The Hall–Kier alpha value is -0.590. The molecule has 0 spiro atoms. The zero-order valence-corrected chi connectivity index (χ0v) is 10.5. The summed E-state index contributed by atoms with van der Waals surface area (Å²) in [4.78, 5) is 0. The highest BCUT2D eigenvalue weighted by Crippen LogP contribution is 2.28. The summed E-state index contributed by atoms with van der Waals surface area (Å²) in [6.45, 7) is -5.02. The summed E-state index contributed by atoms with van der Waals surface area (Å²) in [6.07, 6.45) is -5.77. The van der Waals surface area contributed by atoms with Crippen LogP contribution < -0.4 is 0 Å². The third-order valence-electron chi connectivity index (χ3n) is 2.21. The molecule has 0 bridgehead atoms. The van der Waals surface area contributed by atoms with Crippen molar-refractivity contribution in [2.45, 2.75) is 23.6 Å². The van der Waals surface area contributed by atoms with E-state index >= 15 is 0 Å². The van der Waals surface area contributed by atoms with Crippen molar-refractivity contribution in [1.29, 1.82) is 0 Å². The predicted molar refractivity (Wildman–Crippen MR) is 51.3 cm³/mol. The summed E-state index contributed by atoms with van der Waals surface area (Å²) in [6, 6.07) is 0. The van der Waals surface area contributed by atoms with Crippen molar-refractivity contribution >= 4 is 10.2 Å². The molecule has 1 rings (SSSR count). The Morgan fingerprint density at radius 1 is 1.10 bits per heavy atom. The van der Waals surface area contributed by atoms with Gasteiger partial charge in [-0.15, -0.1) is 0 Å². The number of hydrogen-bond donors (Lipinski definition) is 0. The van der Waals surface area contributed by atoms with Gasteiger partial charge in [0.15, 0.2) is 6.67 Å². The molecule has 0 aromatic rings. The molecule has 1 heterocycles. The summed E-state index contributed by atoms with van der Waals surface area (Å²) in [7, 11) is -6.09. The van der Waals surface area contributed by atoms with Crippen molar-refractivity contribution in [3.05, 3.63) is 0 Å². The van der Waals surface area contributed by atoms with E-state index in [2.05, 4.69) is 14.2 Å². The lowest BCUT2D eigenvalue weighted by Gasteiger charge is -2.12. The van der Waals surface area contributed by atoms with Crippen LogP contribution in [-0.4, -0.2) is 58.5 Å². The third kappa shape index (κ3) is 5.07. The van der Waals surface area contributed by atoms with Gasteiger partial charge in [-0.1, -0.05) is 3.89 Å². The SMILES string of the molecule is O=S(=O)(F)C(F)(F)COCC1OC1COC(F)(F)CF. The van der Waals surface area contributed by atoms with E-state index in [1.807, 2.05) is 0 Å². The molecule has 20 heavy (non-hydrogen) atoms. The van der Waals surface area contributed by atoms with E-state index in [0.29, 0.717) is 0 Å². The van der Waals surface area contributed by atoms with Crippen molar-refractivity contribution in [2.75, 3.05) is 26.5 Å². The molecule has 0 aromatic heterocycles. The summed E-state index contributed by atoms with van der Waals surface area (Å²) in [5.41, 5.74) is 0. The molecule has 120 valence electrons. The van der Waals surface area contributed by atoms with Gasteiger partial charge in [0.05, 0.1) is 13.2 Å². The van der Waals surface area contributed by atoms with Crippen LogP contribution in [0, 0.1) is 0 Å². The molecular weight excluding hydrogens is 322 g/mol. The van der Waals surface area contributed by atoms with Crippen LogP contribution in [0.25, 0.3) is 0 Å². The lowest BCUT2D eigenvalue weighted by atomic mass is 10.3. The maximum atomic E-state index is 12.6. The molecule has 0 radical (unpaired) electrons. The second kappa shape index (κ2) is 6.03. The molecule has 1 fully saturated rings. The van der Waals surface area contributed by atoms with E-state index in [1.54, 1.807) is 0 Å². The molecule has 0 aromatic carbocycles. The van der Waals surface area contributed by atoms with E-state index in [0.717, 1.165) is 0 Å². The van der Waals surface area contributed by atoms with Crippen molar-refractivity contribution in [3.8, 4) is 0 Å². The Kier molecular flexibility index (Phi) is 5.27. The van der Waals surface area contributed by atoms with Gasteiger partial charge in [-0.25, -0.2) is 4.39 Å². The first-order chi connectivity index (χ1) is 8.98. The molecule has 0 amide bonds. The number of alkyl halides is 5. The van der Waals surface area contributed by atoms with E-state index in [9.17, 15) is 34.3 Å². The molecular formula is C8H10F6O5S. The van der Waals surface area contributed by atoms with Gasteiger partial charge < -0.3 is 14.2 Å². The highest BCUT2D eigenvalue weighted by molar-refractivity contribution is 7.87. The zero-order chi connectivity index (χ0) is 15.6. The topological polar surface area (TPSA) is 65.1 Å². The van der Waals surface area contributed by atoms with Crippen LogP contribution in [0.2, 0.25) is 0 Å². The Balaban J connectivity index is 2.21. The van der Waals surface area contributed by atoms with Crippen LogP contribution in [0.1, 0.15) is 0 Å². The van der Waals surface area contributed by atoms with Crippen LogP contribution in [-0.2, 0) is 24.4 Å². The fraction of sp³-hybridized carbons (Fsp3) is 1.00. The standard InChI is InChI=1S/C8H10F6O5S/c9-3-7(10,11)18-2-6-5(19-6)1-17-4-8(12,13)20(14,15)16/h5-6H,1-4H2. The van der Waals surface area contributed by atoms with Gasteiger partial charge in [0.2, 0.25) is 0 Å². The maximum Gasteiger partial charge on any atom is 0.396 e. The Morgan fingerprint density at radius 2 is 1.65 bits per heavy atom. The Labute approximate surface area is 110 Å². The van der Waals surface area contributed by atoms with Gasteiger partial charge in [-0.05, 0) is 0 Å². The average Bonchev–Trinajstić information content (AvgIpc) is 3.04. The minimum atomic E-state index is -6.09. The van der Waals surface area contributed by atoms with Gasteiger partial charge in [-0.3, -0.25) is 0 Å². The van der Waals surface area contributed by atoms with Gasteiger partial charge >= 0.3 is 21.6 Å². The zero-order valence-electron chi connectivity index (χ0n) is 9.70. The summed E-state index contributed by atoms with van der Waals surface area (Å²) < 4.78 is 106. The minimum absolute atomic E-state index is 0.569. The maximum absolute atomic E-state index is 12.6. The molecule has 0 N–H and O–H groups in total. The smallest absolute Gasteiger partial charge is 0.371 e. The van der Waals surface area contributed by atoms with E-state index in [4.69, 9.17) is 0 Å². The van der Waals surface area contributed by atoms with Crippen molar-refractivity contribution in [1.82, 2.24) is 0 Å². The lowest BCUT2D eigenvalue weighted by molar-refractivity contribution is -0.247. The first-order valence-electron chi connectivity index (χ1n) is 5.11. The molecule has 12 heteroatoms. The van der Waals surface area contributed by atoms with Crippen LogP contribution in [0.5, 0.6) is 0 Å². The van der Waals surface area contributed by atoms with E-state index in [-0.39, 0.29) is 0 Å². The largest absolute Gasteiger partial charge is 0.396 e. The normalized spacial score (nSPS) is 23.9. The van der Waals surface area contributed by atoms with Crippen LogP contribution in [0.15, 0.2) is 0 Å². The number of hydrogen-bond acceptors (Lipinski definition) is 5. The number of ether oxygens (including phenoxy) is 3. The van der Waals surface area contributed by atoms with Crippen LogP contribution in [0.3, 0.4) is 0 Å². The quantitative estimate of drug-likeness (QED) is 0.361. The molecule has 5 nitrogen and oxygen atoms in total. The monoisotopic (exact) mass is 332 g/mol. The molecule has 0 saturated carbocycles. The average molecular weight is 332 g/mol. The van der Waals surface area contributed by atoms with Gasteiger partial charge in [-0.2, -0.15) is 26.0 Å². The number of halogens is 6. The molecule has 1 saturated heterocycles. The summed E-state index contributed by atoms with van der Waals surface area (Å²) in [5, 5.41) is -4.70. The highest BCUT2D eigenvalue weighted by Gasteiger charge is 2.47. The molecule has 1 aliphatic heterocycles. The number of epoxide rings is 1. The first kappa shape index (κ1) is 17.5. The second-order valence-corrected chi connectivity index (χ2v) is 5.36. The first-order valence-corrected chi connectivity index (χ1v) is 6.50. The predicted octanol–water partition coefficient (Wildman–Crippen LogP) is 1.24. The Morgan fingerprint density at radius 3 is 2.15 bits per heavy atom. The summed E-state index contributed by atoms with van der Waals surface area (Å²) >= 11 is 0. The van der Waals surface area contributed by atoms with Crippen molar-refractivity contribution < 1.29 is 48.5 Å². The summed E-state index contributed by atoms with van der Waals surface area (Å²) in [5.74, 6) is 0. The third-order valence-corrected chi connectivity index (χ3v) is 3.04. The van der Waals surface area contributed by atoms with Gasteiger partial charge in [0, 0.05) is 0 Å². The van der Waals surface area contributed by atoms with E-state index < -0.39 is 60.3 Å². The molecule has 1 aliphatic rings. The fourth-order valence-electron chi connectivity index (χ4n) is 1.08. The van der Waals surface area contributed by atoms with Crippen molar-refractivity contribution in [2.24, 2.45) is 0 Å². The fourth-order valence-corrected chi connectivity index (χ4v) is 1.30. The number of rotatable bonds is 9. The van der Waals surface area contributed by atoms with Crippen molar-refractivity contribution in [3.63, 3.8) is 0 Å². The van der Waals surface area contributed by atoms with Crippen LogP contribution >= 0.6 is 0 Å². The molecule has 0 aliphatic carbocycles. The van der Waals surface area contributed by atoms with Gasteiger partial charge in [0.1, 0.15) is 18.8 Å².